The Kier molecular flexibility index (Phi) is 3.73. The van der Waals surface area contributed by atoms with Crippen molar-refractivity contribution < 1.29 is 9.32 Å². The third kappa shape index (κ3) is 3.08. The van der Waals surface area contributed by atoms with Crippen LogP contribution in [-0.2, 0) is 0 Å². The van der Waals surface area contributed by atoms with Gasteiger partial charge in [-0.2, -0.15) is 0 Å². The zero-order valence-electron chi connectivity index (χ0n) is 14.9. The smallest absolute Gasteiger partial charge is 0.276 e. The third-order valence-corrected chi connectivity index (χ3v) is 5.79. The molecule has 4 rings (SSSR count). The van der Waals surface area contributed by atoms with Crippen molar-refractivity contribution in [1.29, 1.82) is 0 Å². The highest BCUT2D eigenvalue weighted by Crippen LogP contribution is 2.52. The zero-order chi connectivity index (χ0) is 17.8. The van der Waals surface area contributed by atoms with Crippen molar-refractivity contribution in [2.45, 2.75) is 46.1 Å². The Morgan fingerprint density at radius 3 is 2.68 bits per heavy atom. The van der Waals surface area contributed by atoms with Gasteiger partial charge in [0.2, 0.25) is 0 Å². The van der Waals surface area contributed by atoms with Gasteiger partial charge in [-0.3, -0.25) is 4.79 Å². The van der Waals surface area contributed by atoms with Gasteiger partial charge in [0.15, 0.2) is 11.5 Å². The van der Waals surface area contributed by atoms with Crippen LogP contribution in [0.4, 0.5) is 0 Å². The Balaban J connectivity index is 1.57. The normalized spacial score (nSPS) is 27.5. The maximum atomic E-state index is 13.0. The summed E-state index contributed by atoms with van der Waals surface area (Å²) in [6, 6.07) is 9.37. The molecule has 0 spiro atoms. The van der Waals surface area contributed by atoms with Crippen LogP contribution in [0.15, 0.2) is 34.9 Å². The predicted octanol–water partition coefficient (Wildman–Crippen LogP) is 5.04. The van der Waals surface area contributed by atoms with E-state index in [2.05, 4.69) is 25.9 Å². The fraction of sp³-hybridized carbons (Fsp3) is 0.500. The van der Waals surface area contributed by atoms with Gasteiger partial charge >= 0.3 is 0 Å². The molecule has 25 heavy (non-hydrogen) atoms. The van der Waals surface area contributed by atoms with Crippen LogP contribution in [0.1, 0.15) is 50.5 Å². The molecule has 1 aromatic heterocycles. The van der Waals surface area contributed by atoms with Crippen molar-refractivity contribution in [3.63, 3.8) is 0 Å². The maximum absolute atomic E-state index is 13.0. The van der Waals surface area contributed by atoms with E-state index in [1.54, 1.807) is 18.2 Å². The van der Waals surface area contributed by atoms with Gasteiger partial charge in [-0.1, -0.05) is 37.5 Å². The summed E-state index contributed by atoms with van der Waals surface area (Å²) in [5.74, 6) is 0.573. The minimum atomic E-state index is -0.0182. The van der Waals surface area contributed by atoms with E-state index in [1.165, 1.54) is 0 Å². The number of rotatable bonds is 2. The van der Waals surface area contributed by atoms with Gasteiger partial charge in [0.1, 0.15) is 0 Å². The molecule has 1 aliphatic carbocycles. The topological polar surface area (TPSA) is 46.3 Å². The van der Waals surface area contributed by atoms with E-state index in [0.717, 1.165) is 31.4 Å². The quantitative estimate of drug-likeness (QED) is 0.755. The van der Waals surface area contributed by atoms with Crippen LogP contribution in [-0.4, -0.2) is 28.6 Å². The lowest BCUT2D eigenvalue weighted by Gasteiger charge is -2.39. The van der Waals surface area contributed by atoms with Crippen molar-refractivity contribution in [3.8, 4) is 11.3 Å². The van der Waals surface area contributed by atoms with Gasteiger partial charge in [-0.05, 0) is 54.4 Å². The molecule has 2 bridgehead atoms. The van der Waals surface area contributed by atoms with Gasteiger partial charge in [-0.25, -0.2) is 0 Å². The highest BCUT2D eigenvalue weighted by molar-refractivity contribution is 6.30. The number of benzene rings is 1. The molecule has 1 saturated heterocycles. The number of nitrogens with zero attached hydrogens (tertiary/aromatic N) is 2. The minimum Gasteiger partial charge on any atom is -0.355 e. The SMILES string of the molecule is CC1(C)C[C@@H]2C[C@@](C)(CN2C(=O)c2cc(-c3ccc(Cl)cc3)on2)C1. The fourth-order valence-electron chi connectivity index (χ4n) is 4.97. The van der Waals surface area contributed by atoms with E-state index in [1.807, 2.05) is 17.0 Å². The summed E-state index contributed by atoms with van der Waals surface area (Å²) in [6.07, 6.45) is 3.30. The molecule has 2 aliphatic rings. The van der Waals surface area contributed by atoms with Gasteiger partial charge in [0.25, 0.3) is 5.91 Å². The van der Waals surface area contributed by atoms with Gasteiger partial charge in [0, 0.05) is 29.2 Å². The number of hydrogen-bond donors (Lipinski definition) is 0. The fourth-order valence-corrected chi connectivity index (χ4v) is 5.10. The second kappa shape index (κ2) is 5.60. The number of amides is 1. The molecule has 4 nitrogen and oxygen atoms in total. The Hall–Kier alpha value is -1.81. The Bertz CT molecular complexity index is 811. The monoisotopic (exact) mass is 358 g/mol. The van der Waals surface area contributed by atoms with Crippen LogP contribution < -0.4 is 0 Å². The maximum Gasteiger partial charge on any atom is 0.276 e. The first-order valence-electron chi connectivity index (χ1n) is 8.78. The van der Waals surface area contributed by atoms with E-state index in [0.29, 0.717) is 22.5 Å². The molecule has 2 heterocycles. The molecule has 1 saturated carbocycles. The first-order valence-corrected chi connectivity index (χ1v) is 9.16. The van der Waals surface area contributed by atoms with Crippen molar-refractivity contribution in [2.24, 2.45) is 10.8 Å². The average Bonchev–Trinajstić information content (AvgIpc) is 3.09. The van der Waals surface area contributed by atoms with E-state index in [4.69, 9.17) is 16.1 Å². The third-order valence-electron chi connectivity index (χ3n) is 5.53. The van der Waals surface area contributed by atoms with Crippen LogP contribution >= 0.6 is 11.6 Å². The van der Waals surface area contributed by atoms with E-state index >= 15 is 0 Å². The lowest BCUT2D eigenvalue weighted by Crippen LogP contribution is -2.37. The average molecular weight is 359 g/mol. The van der Waals surface area contributed by atoms with E-state index < -0.39 is 0 Å². The Labute approximate surface area is 153 Å². The summed E-state index contributed by atoms with van der Waals surface area (Å²) in [7, 11) is 0. The highest BCUT2D eigenvalue weighted by atomic mass is 35.5. The number of halogens is 1. The van der Waals surface area contributed by atoms with Crippen molar-refractivity contribution in [1.82, 2.24) is 10.1 Å². The molecule has 2 atom stereocenters. The van der Waals surface area contributed by atoms with Gasteiger partial charge < -0.3 is 9.42 Å². The van der Waals surface area contributed by atoms with E-state index in [-0.39, 0.29) is 16.7 Å². The molecule has 2 fully saturated rings. The van der Waals surface area contributed by atoms with Crippen LogP contribution in [0.5, 0.6) is 0 Å². The van der Waals surface area contributed by atoms with Crippen molar-refractivity contribution >= 4 is 17.5 Å². The lowest BCUT2D eigenvalue weighted by molar-refractivity contribution is 0.0698. The van der Waals surface area contributed by atoms with Crippen LogP contribution in [0, 0.1) is 10.8 Å². The summed E-state index contributed by atoms with van der Waals surface area (Å²) < 4.78 is 5.41. The number of fused-ring (bicyclic) bond motifs is 2. The summed E-state index contributed by atoms with van der Waals surface area (Å²) >= 11 is 5.92. The molecular weight excluding hydrogens is 336 g/mol. The van der Waals surface area contributed by atoms with E-state index in [9.17, 15) is 4.79 Å². The summed E-state index contributed by atoms with van der Waals surface area (Å²) in [5, 5.41) is 4.70. The van der Waals surface area contributed by atoms with Crippen LogP contribution in [0.2, 0.25) is 5.02 Å². The second-order valence-corrected chi connectivity index (χ2v) is 9.17. The molecule has 1 aliphatic heterocycles. The first kappa shape index (κ1) is 16.6. The standard InChI is InChI=1S/C20H23ClN2O2/c1-19(2)9-15-10-20(3,11-19)12-23(15)18(24)16-8-17(25-22-16)13-4-6-14(21)7-5-13/h4-8,15H,9-12H2,1-3H3/t15-,20-/m1/s1. The summed E-state index contributed by atoms with van der Waals surface area (Å²) in [5.41, 5.74) is 1.75. The Morgan fingerprint density at radius 1 is 1.24 bits per heavy atom. The molecule has 1 amide bonds. The first-order chi connectivity index (χ1) is 11.7. The summed E-state index contributed by atoms with van der Waals surface area (Å²) in [4.78, 5) is 15.0. The molecule has 0 unspecified atom stereocenters. The molecular formula is C20H23ClN2O2. The number of likely N-dealkylation sites (tertiary alicyclic amines) is 1. The Morgan fingerprint density at radius 2 is 1.96 bits per heavy atom. The molecule has 132 valence electrons. The van der Waals surface area contributed by atoms with Gasteiger partial charge in [0.05, 0.1) is 0 Å². The number of aromatic nitrogens is 1. The number of hydrogen-bond acceptors (Lipinski definition) is 3. The second-order valence-electron chi connectivity index (χ2n) is 8.73. The van der Waals surface area contributed by atoms with Crippen LogP contribution in [0.25, 0.3) is 11.3 Å². The van der Waals surface area contributed by atoms with Crippen molar-refractivity contribution in [3.05, 3.63) is 41.0 Å². The molecule has 0 radical (unpaired) electrons. The summed E-state index contributed by atoms with van der Waals surface area (Å²) in [6.45, 7) is 7.72. The zero-order valence-corrected chi connectivity index (χ0v) is 15.6. The highest BCUT2D eigenvalue weighted by Gasteiger charge is 2.51. The predicted molar refractivity (Wildman–Crippen MR) is 97.5 cm³/mol. The largest absolute Gasteiger partial charge is 0.355 e. The number of carbonyl (C=O) groups is 1. The molecule has 1 aromatic carbocycles. The number of carbonyl (C=O) groups excluding carboxylic acids is 1. The minimum absolute atomic E-state index is 0.0182. The van der Waals surface area contributed by atoms with Crippen LogP contribution in [0.3, 0.4) is 0 Å². The molecule has 5 heteroatoms. The molecule has 0 N–H and O–H groups in total. The van der Waals surface area contributed by atoms with Gasteiger partial charge in [-0.15, -0.1) is 0 Å². The van der Waals surface area contributed by atoms with Crippen molar-refractivity contribution in [2.75, 3.05) is 6.54 Å². The molecule has 2 aromatic rings. The lowest BCUT2D eigenvalue weighted by atomic mass is 9.65.